The summed E-state index contributed by atoms with van der Waals surface area (Å²) in [4.78, 5) is 9.00. The molecule has 0 radical (unpaired) electrons. The van der Waals surface area contributed by atoms with Crippen molar-refractivity contribution < 1.29 is 9.90 Å². The number of rotatable bonds is 5. The van der Waals surface area contributed by atoms with E-state index in [1.807, 2.05) is 0 Å². The molecule has 5 N–H and O–H groups in total. The topological polar surface area (TPSA) is 89.3 Å². The molecule has 0 saturated heterocycles. The van der Waals surface area contributed by atoms with Crippen LogP contribution < -0.4 is 11.5 Å². The Bertz CT molecular complexity index is 685. The third-order valence-electron chi connectivity index (χ3n) is 10.3. The van der Waals surface area contributed by atoms with Crippen molar-refractivity contribution in [1.82, 2.24) is 0 Å². The van der Waals surface area contributed by atoms with Gasteiger partial charge in [0.05, 0.1) is 6.10 Å². The summed E-state index contributed by atoms with van der Waals surface area (Å²) in [5, 5.41) is 10.2. The molecule has 4 aliphatic carbocycles. The second-order valence-electron chi connectivity index (χ2n) is 12.6. The van der Waals surface area contributed by atoms with Crippen LogP contribution in [0, 0.1) is 46.3 Å². The Kier molecular flexibility index (Phi) is 8.06. The highest BCUT2D eigenvalue weighted by molar-refractivity contribution is 5.69. The second kappa shape index (κ2) is 10.1. The summed E-state index contributed by atoms with van der Waals surface area (Å²) in [5.74, 6) is 5.46. The van der Waals surface area contributed by atoms with Gasteiger partial charge >= 0.3 is 6.03 Å². The number of hydrogen-bond acceptors (Lipinski definition) is 2. The highest BCUT2D eigenvalue weighted by Crippen LogP contribution is 2.67. The van der Waals surface area contributed by atoms with Gasteiger partial charge in [0.15, 0.2) is 0 Å². The zero-order valence-corrected chi connectivity index (χ0v) is 21.4. The fourth-order valence-electron chi connectivity index (χ4n) is 8.67. The third-order valence-corrected chi connectivity index (χ3v) is 10.3. The van der Waals surface area contributed by atoms with E-state index in [1.54, 1.807) is 5.57 Å². The number of urea groups is 1. The van der Waals surface area contributed by atoms with Gasteiger partial charge in [-0.3, -0.25) is 0 Å². The molecule has 0 spiro atoms. The normalized spacial score (nSPS) is 41.5. The van der Waals surface area contributed by atoms with Gasteiger partial charge < -0.3 is 16.6 Å². The molecule has 4 aliphatic rings. The maximum absolute atomic E-state index is 10.2. The van der Waals surface area contributed by atoms with Crippen LogP contribution in [0.4, 0.5) is 4.79 Å². The number of fused-ring (bicyclic) bond motifs is 5. The molecule has 0 unspecified atom stereocenters. The van der Waals surface area contributed by atoms with Crippen LogP contribution in [0.25, 0.3) is 0 Å². The smallest absolute Gasteiger partial charge is 0.309 e. The largest absolute Gasteiger partial charge is 0.393 e. The lowest BCUT2D eigenvalue weighted by molar-refractivity contribution is -0.0573. The quantitative estimate of drug-likeness (QED) is 0.426. The van der Waals surface area contributed by atoms with E-state index in [9.17, 15) is 5.11 Å². The number of amides is 2. The van der Waals surface area contributed by atoms with Crippen LogP contribution in [0.3, 0.4) is 0 Å². The van der Waals surface area contributed by atoms with Gasteiger partial charge in [-0.25, -0.2) is 4.79 Å². The van der Waals surface area contributed by atoms with Crippen molar-refractivity contribution >= 4 is 6.03 Å². The predicted molar refractivity (Wildman–Crippen MR) is 133 cm³/mol. The summed E-state index contributed by atoms with van der Waals surface area (Å²) in [6, 6.07) is -0.833. The van der Waals surface area contributed by atoms with E-state index in [4.69, 9.17) is 4.79 Å². The van der Waals surface area contributed by atoms with Gasteiger partial charge in [-0.2, -0.15) is 0 Å². The van der Waals surface area contributed by atoms with Crippen LogP contribution in [0.5, 0.6) is 0 Å². The van der Waals surface area contributed by atoms with E-state index < -0.39 is 6.03 Å². The minimum atomic E-state index is -0.833. The molecule has 0 aromatic carbocycles. The first-order valence-electron chi connectivity index (χ1n) is 13.4. The summed E-state index contributed by atoms with van der Waals surface area (Å²) >= 11 is 0. The zero-order valence-electron chi connectivity index (χ0n) is 21.4. The molecular formula is C28H50N2O2. The average molecular weight is 447 g/mol. The Balaban J connectivity index is 0.000000668. The van der Waals surface area contributed by atoms with Gasteiger partial charge in [-0.05, 0) is 97.7 Å². The molecule has 0 aromatic rings. The lowest BCUT2D eigenvalue weighted by atomic mass is 9.47. The van der Waals surface area contributed by atoms with Crippen molar-refractivity contribution in [3.63, 3.8) is 0 Å². The number of hydrogen-bond donors (Lipinski definition) is 3. The van der Waals surface area contributed by atoms with E-state index in [0.29, 0.717) is 10.8 Å². The fraction of sp³-hybridized carbons (Fsp3) is 0.893. The summed E-state index contributed by atoms with van der Waals surface area (Å²) in [6.45, 7) is 12.6. The Morgan fingerprint density at radius 1 is 1.06 bits per heavy atom. The summed E-state index contributed by atoms with van der Waals surface area (Å²) < 4.78 is 0. The average Bonchev–Trinajstić information content (AvgIpc) is 3.05. The van der Waals surface area contributed by atoms with Gasteiger partial charge in [0.25, 0.3) is 0 Å². The number of aliphatic hydroxyl groups is 1. The molecule has 4 rings (SSSR count). The fourth-order valence-corrected chi connectivity index (χ4v) is 8.67. The van der Waals surface area contributed by atoms with E-state index in [2.05, 4.69) is 52.2 Å². The third kappa shape index (κ3) is 5.05. The summed E-state index contributed by atoms with van der Waals surface area (Å²) in [6.07, 6.45) is 17.2. The molecule has 32 heavy (non-hydrogen) atoms. The Morgan fingerprint density at radius 2 is 1.75 bits per heavy atom. The minimum Gasteiger partial charge on any atom is -0.393 e. The van der Waals surface area contributed by atoms with Gasteiger partial charge in [0.1, 0.15) is 0 Å². The molecule has 0 bridgehead atoms. The number of aliphatic hydroxyl groups excluding tert-OH is 1. The van der Waals surface area contributed by atoms with Crippen molar-refractivity contribution in [1.29, 1.82) is 0 Å². The van der Waals surface area contributed by atoms with Gasteiger partial charge in [0, 0.05) is 0 Å². The Labute approximate surface area is 197 Å². The monoisotopic (exact) mass is 446 g/mol. The van der Waals surface area contributed by atoms with Crippen LogP contribution >= 0.6 is 0 Å². The van der Waals surface area contributed by atoms with E-state index in [0.717, 1.165) is 48.3 Å². The first-order chi connectivity index (χ1) is 15.0. The van der Waals surface area contributed by atoms with Crippen molar-refractivity contribution in [3.05, 3.63) is 11.6 Å². The lowest BCUT2D eigenvalue weighted by Gasteiger charge is -2.58. The van der Waals surface area contributed by atoms with Crippen molar-refractivity contribution in [2.24, 2.45) is 57.8 Å². The lowest BCUT2D eigenvalue weighted by Crippen LogP contribution is -2.50. The molecule has 184 valence electrons. The minimum absolute atomic E-state index is 0.0766. The van der Waals surface area contributed by atoms with Crippen LogP contribution in [0.15, 0.2) is 11.6 Å². The standard InChI is InChI=1S/C27H46O.CH4N2O/c1-18(2)7-6-8-19(3)23-11-12-24-22-10-9-20-17-21(28)13-15-26(20,4)25(22)14-16-27(23,24)5;2-1(3)4/h9,18-19,21-25,28H,6-8,10-17H2,1-5H3;(H4,2,3,4)/t19-,21+,22+,23-,24+,25+,26+,27-;/m1./s1. The zero-order chi connectivity index (χ0) is 23.7. The van der Waals surface area contributed by atoms with Crippen molar-refractivity contribution in [2.75, 3.05) is 0 Å². The Hall–Kier alpha value is -1.03. The highest BCUT2D eigenvalue weighted by atomic mass is 16.3. The highest BCUT2D eigenvalue weighted by Gasteiger charge is 2.59. The number of carbonyl (C=O) groups is 1. The first kappa shape index (κ1) is 25.6. The number of allylic oxidation sites excluding steroid dienone is 1. The van der Waals surface area contributed by atoms with Crippen LogP contribution in [-0.4, -0.2) is 17.2 Å². The molecule has 3 saturated carbocycles. The first-order valence-corrected chi connectivity index (χ1v) is 13.4. The molecule has 4 heteroatoms. The molecule has 3 fully saturated rings. The molecule has 2 amide bonds. The molecule has 4 nitrogen and oxygen atoms in total. The van der Waals surface area contributed by atoms with Crippen molar-refractivity contribution in [3.8, 4) is 0 Å². The molecular weight excluding hydrogens is 396 g/mol. The predicted octanol–water partition coefficient (Wildman–Crippen LogP) is 6.41. The van der Waals surface area contributed by atoms with Crippen LogP contribution in [-0.2, 0) is 0 Å². The summed E-state index contributed by atoms with van der Waals surface area (Å²) in [5.41, 5.74) is 11.1. The number of nitrogens with two attached hydrogens (primary N) is 2. The molecule has 0 aromatic heterocycles. The van der Waals surface area contributed by atoms with E-state index in [-0.39, 0.29) is 6.10 Å². The van der Waals surface area contributed by atoms with Crippen LogP contribution in [0.1, 0.15) is 105 Å². The van der Waals surface area contributed by atoms with E-state index >= 15 is 0 Å². The summed E-state index contributed by atoms with van der Waals surface area (Å²) in [7, 11) is 0. The SMILES string of the molecule is CC(C)CCC[C@@H](C)[C@H]1CC[C@H]2[C@@H]3CC=C4C[C@@H](O)CC[C@]4(C)[C@H]3CC[C@]12C.NC(N)=O. The maximum Gasteiger partial charge on any atom is 0.309 e. The number of primary amides is 2. The molecule has 0 aliphatic heterocycles. The molecule has 0 heterocycles. The van der Waals surface area contributed by atoms with Gasteiger partial charge in [-0.15, -0.1) is 0 Å². The van der Waals surface area contributed by atoms with E-state index in [1.165, 1.54) is 57.8 Å². The van der Waals surface area contributed by atoms with Gasteiger partial charge in [-0.1, -0.05) is 65.5 Å². The van der Waals surface area contributed by atoms with Crippen molar-refractivity contribution in [2.45, 2.75) is 111 Å². The molecule has 8 atom stereocenters. The number of carbonyl (C=O) groups excluding carboxylic acids is 1. The Morgan fingerprint density at radius 3 is 2.41 bits per heavy atom. The second-order valence-corrected chi connectivity index (χ2v) is 12.6. The van der Waals surface area contributed by atoms with Crippen LogP contribution in [0.2, 0.25) is 0 Å². The maximum atomic E-state index is 10.2. The van der Waals surface area contributed by atoms with Gasteiger partial charge in [0.2, 0.25) is 0 Å².